The van der Waals surface area contributed by atoms with Crippen molar-refractivity contribution in [3.05, 3.63) is 88.2 Å². The Morgan fingerprint density at radius 2 is 1.90 bits per heavy atom. The first-order valence-corrected chi connectivity index (χ1v) is 10.1. The van der Waals surface area contributed by atoms with Crippen molar-refractivity contribution < 1.29 is 18.7 Å². The van der Waals surface area contributed by atoms with Gasteiger partial charge in [0.1, 0.15) is 17.6 Å². The van der Waals surface area contributed by atoms with E-state index in [1.165, 1.54) is 23.1 Å². The number of amides is 2. The van der Waals surface area contributed by atoms with Crippen molar-refractivity contribution in [3.63, 3.8) is 0 Å². The molecule has 0 aliphatic carbocycles. The zero-order chi connectivity index (χ0) is 22.1. The van der Waals surface area contributed by atoms with Gasteiger partial charge < -0.3 is 15.0 Å². The van der Waals surface area contributed by atoms with Crippen LogP contribution >= 0.6 is 11.6 Å². The van der Waals surface area contributed by atoms with Gasteiger partial charge in [0.15, 0.2) is 5.75 Å². The Hall–Kier alpha value is -3.38. The molecule has 7 heteroatoms. The lowest BCUT2D eigenvalue weighted by Gasteiger charge is -2.33. The number of rotatable bonds is 4. The van der Waals surface area contributed by atoms with Crippen LogP contribution in [0.5, 0.6) is 11.5 Å². The molecule has 1 N–H and O–H groups in total. The fourth-order valence-corrected chi connectivity index (χ4v) is 3.79. The second-order valence-corrected chi connectivity index (χ2v) is 7.80. The van der Waals surface area contributed by atoms with Crippen LogP contribution < -0.4 is 15.0 Å². The van der Waals surface area contributed by atoms with Crippen LogP contribution in [0.4, 0.5) is 10.1 Å². The number of carbonyl (C=O) groups is 2. The molecule has 0 aromatic heterocycles. The molecule has 0 unspecified atom stereocenters. The van der Waals surface area contributed by atoms with Crippen LogP contribution in [0.3, 0.4) is 0 Å². The summed E-state index contributed by atoms with van der Waals surface area (Å²) in [6, 6.07) is 15.7. The van der Waals surface area contributed by atoms with Gasteiger partial charge in [0.05, 0.1) is 10.7 Å². The Balaban J connectivity index is 1.66. The number of fused-ring (bicyclic) bond motifs is 1. The molecule has 1 aliphatic rings. The predicted molar refractivity (Wildman–Crippen MR) is 117 cm³/mol. The van der Waals surface area contributed by atoms with Gasteiger partial charge in [0.2, 0.25) is 5.91 Å². The number of likely N-dealkylation sites (N-methyl/N-ethyl adjacent to an activating group) is 1. The van der Waals surface area contributed by atoms with Crippen molar-refractivity contribution in [1.29, 1.82) is 0 Å². The molecule has 1 atom stereocenters. The highest BCUT2D eigenvalue weighted by atomic mass is 35.5. The van der Waals surface area contributed by atoms with Crippen LogP contribution in [-0.4, -0.2) is 24.9 Å². The maximum Gasteiger partial charge on any atom is 0.251 e. The molecule has 3 aromatic rings. The zero-order valence-electron chi connectivity index (χ0n) is 17.0. The van der Waals surface area contributed by atoms with E-state index in [1.807, 2.05) is 25.1 Å². The second-order valence-electron chi connectivity index (χ2n) is 7.39. The summed E-state index contributed by atoms with van der Waals surface area (Å²) in [5.41, 5.74) is 2.66. The summed E-state index contributed by atoms with van der Waals surface area (Å²) in [5, 5.41) is 3.08. The third kappa shape index (κ3) is 4.11. The van der Waals surface area contributed by atoms with Gasteiger partial charge >= 0.3 is 0 Å². The lowest BCUT2D eigenvalue weighted by atomic mass is 9.95. The number of anilines is 1. The molecule has 1 aliphatic heterocycles. The Kier molecular flexibility index (Phi) is 5.65. The van der Waals surface area contributed by atoms with E-state index in [2.05, 4.69) is 5.32 Å². The summed E-state index contributed by atoms with van der Waals surface area (Å²) in [7, 11) is 1.63. The number of ether oxygens (including phenoxy) is 1. The highest BCUT2D eigenvalue weighted by Crippen LogP contribution is 2.42. The lowest BCUT2D eigenvalue weighted by Crippen LogP contribution is -2.51. The smallest absolute Gasteiger partial charge is 0.251 e. The highest BCUT2D eigenvalue weighted by Gasteiger charge is 2.34. The molecular weight excluding hydrogens is 419 g/mol. The maximum atomic E-state index is 13.7. The third-order valence-electron chi connectivity index (χ3n) is 5.25. The minimum absolute atomic E-state index is 0.165. The van der Waals surface area contributed by atoms with Crippen LogP contribution in [0.15, 0.2) is 60.7 Å². The minimum atomic E-state index is -0.710. The molecule has 31 heavy (non-hydrogen) atoms. The van der Waals surface area contributed by atoms with Crippen LogP contribution in [0.1, 0.15) is 21.5 Å². The van der Waals surface area contributed by atoms with Crippen LogP contribution in [-0.2, 0) is 11.2 Å². The molecule has 4 rings (SSSR count). The molecule has 2 amide bonds. The van der Waals surface area contributed by atoms with Crippen molar-refractivity contribution in [3.8, 4) is 11.5 Å². The van der Waals surface area contributed by atoms with Crippen LogP contribution in [0.25, 0.3) is 0 Å². The SMILES string of the molecule is Cc1ccc2c(c1Oc1cc(F)ccc1Cl)N(C)C(=O)[C@H](NC(=O)c1ccccc1)C2. The number of halogens is 2. The molecular formula is C24H20ClFN2O3. The highest BCUT2D eigenvalue weighted by molar-refractivity contribution is 6.32. The van der Waals surface area contributed by atoms with Crippen molar-refractivity contribution in [2.45, 2.75) is 19.4 Å². The minimum Gasteiger partial charge on any atom is -0.453 e. The maximum absolute atomic E-state index is 13.7. The predicted octanol–water partition coefficient (Wildman–Crippen LogP) is 4.90. The van der Waals surface area contributed by atoms with Gasteiger partial charge in [-0.15, -0.1) is 0 Å². The average molecular weight is 439 g/mol. The lowest BCUT2D eigenvalue weighted by molar-refractivity contribution is -0.120. The van der Waals surface area contributed by atoms with Gasteiger partial charge in [-0.2, -0.15) is 0 Å². The molecule has 1 heterocycles. The Morgan fingerprint density at radius 1 is 1.16 bits per heavy atom. The van der Waals surface area contributed by atoms with E-state index in [-0.39, 0.29) is 22.6 Å². The number of benzene rings is 3. The standard InChI is InChI=1S/C24H20ClFN2O3/c1-14-8-9-16-12-19(27-23(29)15-6-4-3-5-7-15)24(30)28(2)21(16)22(14)31-20-13-17(26)10-11-18(20)25/h3-11,13,19H,12H2,1-2H3,(H,27,29)/t19-/m1/s1. The van der Waals surface area contributed by atoms with Gasteiger partial charge in [-0.05, 0) is 42.3 Å². The van der Waals surface area contributed by atoms with Gasteiger partial charge in [0.25, 0.3) is 5.91 Å². The molecule has 3 aromatic carbocycles. The van der Waals surface area contributed by atoms with E-state index in [1.54, 1.807) is 31.3 Å². The summed E-state index contributed by atoms with van der Waals surface area (Å²) in [6.07, 6.45) is 0.310. The summed E-state index contributed by atoms with van der Waals surface area (Å²) < 4.78 is 19.7. The quantitative estimate of drug-likeness (QED) is 0.630. The first-order chi connectivity index (χ1) is 14.8. The van der Waals surface area contributed by atoms with Gasteiger partial charge in [-0.3, -0.25) is 9.59 Å². The molecule has 0 radical (unpaired) electrons. The average Bonchev–Trinajstić information content (AvgIpc) is 2.76. The van der Waals surface area contributed by atoms with Gasteiger partial charge in [0, 0.05) is 25.1 Å². The summed E-state index contributed by atoms with van der Waals surface area (Å²) in [6.45, 7) is 1.84. The fourth-order valence-electron chi connectivity index (χ4n) is 3.63. The van der Waals surface area contributed by atoms with Gasteiger partial charge in [-0.1, -0.05) is 41.9 Å². The Morgan fingerprint density at radius 3 is 2.65 bits per heavy atom. The normalized spacial score (nSPS) is 15.4. The first kappa shape index (κ1) is 20.9. The van der Waals surface area contributed by atoms with E-state index in [4.69, 9.17) is 16.3 Å². The fraction of sp³-hybridized carbons (Fsp3) is 0.167. The van der Waals surface area contributed by atoms with E-state index in [9.17, 15) is 14.0 Å². The second kappa shape index (κ2) is 8.40. The zero-order valence-corrected chi connectivity index (χ0v) is 17.7. The number of hydrogen-bond donors (Lipinski definition) is 1. The molecule has 0 saturated carbocycles. The number of nitrogens with zero attached hydrogens (tertiary/aromatic N) is 1. The van der Waals surface area contributed by atoms with Crippen molar-refractivity contribution >= 4 is 29.1 Å². The number of nitrogens with one attached hydrogen (secondary N) is 1. The van der Waals surface area contributed by atoms with Crippen LogP contribution in [0, 0.1) is 12.7 Å². The van der Waals surface area contributed by atoms with E-state index in [0.717, 1.165) is 11.1 Å². The van der Waals surface area contributed by atoms with E-state index >= 15 is 0 Å². The number of hydrogen-bond acceptors (Lipinski definition) is 3. The Bertz CT molecular complexity index is 1170. The molecule has 0 fully saturated rings. The van der Waals surface area contributed by atoms with Crippen molar-refractivity contribution in [1.82, 2.24) is 5.32 Å². The monoisotopic (exact) mass is 438 g/mol. The molecule has 0 bridgehead atoms. The van der Waals surface area contributed by atoms with Crippen LogP contribution in [0.2, 0.25) is 5.02 Å². The molecule has 0 saturated heterocycles. The van der Waals surface area contributed by atoms with E-state index in [0.29, 0.717) is 23.4 Å². The van der Waals surface area contributed by atoms with E-state index < -0.39 is 11.9 Å². The first-order valence-electron chi connectivity index (χ1n) is 9.74. The van der Waals surface area contributed by atoms with Gasteiger partial charge in [-0.25, -0.2) is 4.39 Å². The summed E-state index contributed by atoms with van der Waals surface area (Å²) in [4.78, 5) is 27.1. The van der Waals surface area contributed by atoms with Crippen molar-refractivity contribution in [2.24, 2.45) is 0 Å². The number of carbonyl (C=O) groups excluding carboxylic acids is 2. The Labute approximate surface area is 184 Å². The van der Waals surface area contributed by atoms with Crippen molar-refractivity contribution in [2.75, 3.05) is 11.9 Å². The molecule has 0 spiro atoms. The molecule has 158 valence electrons. The number of aryl methyl sites for hydroxylation is 1. The summed E-state index contributed by atoms with van der Waals surface area (Å²) in [5.74, 6) is -0.467. The molecule has 5 nitrogen and oxygen atoms in total. The largest absolute Gasteiger partial charge is 0.453 e. The third-order valence-corrected chi connectivity index (χ3v) is 5.56. The topological polar surface area (TPSA) is 58.6 Å². The summed E-state index contributed by atoms with van der Waals surface area (Å²) >= 11 is 6.17.